The van der Waals surface area contributed by atoms with E-state index < -0.39 is 5.91 Å². The number of carbonyl (C=O) groups is 1. The first-order valence-corrected chi connectivity index (χ1v) is 8.97. The van der Waals surface area contributed by atoms with Crippen molar-refractivity contribution < 1.29 is 9.53 Å². The first-order valence-electron chi connectivity index (χ1n) is 7.36. The highest BCUT2D eigenvalue weighted by atomic mass is 79.9. The average molecular weight is 407 g/mol. The Balaban J connectivity index is 2.00. The Kier molecular flexibility index (Phi) is 4.86. The van der Waals surface area contributed by atoms with Crippen LogP contribution in [0.1, 0.15) is 25.3 Å². The predicted molar refractivity (Wildman–Crippen MR) is 101 cm³/mol. The fraction of sp³-hybridized carbons (Fsp3) is 0.250. The van der Waals surface area contributed by atoms with Crippen molar-refractivity contribution in [1.82, 2.24) is 5.01 Å². The monoisotopic (exact) mass is 406 g/mol. The molecule has 8 heteroatoms. The van der Waals surface area contributed by atoms with Crippen LogP contribution in [0.15, 0.2) is 38.3 Å². The summed E-state index contributed by atoms with van der Waals surface area (Å²) in [6.45, 7) is 2.06. The Morgan fingerprint density at radius 2 is 2.25 bits per heavy atom. The first-order chi connectivity index (χ1) is 11.5. The van der Waals surface area contributed by atoms with Crippen LogP contribution in [0.25, 0.3) is 6.08 Å². The Hall–Kier alpha value is -1.93. The summed E-state index contributed by atoms with van der Waals surface area (Å²) >= 11 is 4.75. The summed E-state index contributed by atoms with van der Waals surface area (Å²) in [7, 11) is 1.56. The molecule has 2 heterocycles. The van der Waals surface area contributed by atoms with Crippen molar-refractivity contribution in [2.24, 2.45) is 10.1 Å². The number of ether oxygens (including phenoxy) is 1. The van der Waals surface area contributed by atoms with Gasteiger partial charge in [-0.3, -0.25) is 10.2 Å². The molecule has 0 saturated carbocycles. The largest absolute Gasteiger partial charge is 0.496 e. The number of carbonyl (C=O) groups excluding carboxylic acids is 1. The molecule has 1 amide bonds. The van der Waals surface area contributed by atoms with Crippen LogP contribution < -0.4 is 4.74 Å². The zero-order valence-electron chi connectivity index (χ0n) is 13.2. The number of fused-ring (bicyclic) bond motifs is 1. The van der Waals surface area contributed by atoms with Gasteiger partial charge in [0.25, 0.3) is 5.91 Å². The summed E-state index contributed by atoms with van der Waals surface area (Å²) in [5, 5.41) is 15.5. The number of nitrogens with zero attached hydrogens (tertiary/aromatic N) is 3. The third-order valence-electron chi connectivity index (χ3n) is 3.45. The molecule has 2 aliphatic heterocycles. The van der Waals surface area contributed by atoms with Gasteiger partial charge in [0.15, 0.2) is 5.84 Å². The molecule has 124 valence electrons. The van der Waals surface area contributed by atoms with Gasteiger partial charge in [-0.05, 0) is 48.9 Å². The molecule has 2 aliphatic rings. The lowest BCUT2D eigenvalue weighted by Gasteiger charge is -2.20. The van der Waals surface area contributed by atoms with Gasteiger partial charge in [-0.15, -0.1) is 0 Å². The number of aliphatic imine (C=N–C) groups is 1. The number of hydrazone groups is 1. The third-order valence-corrected chi connectivity index (χ3v) is 4.91. The van der Waals surface area contributed by atoms with Crippen LogP contribution in [-0.4, -0.2) is 34.1 Å². The number of amides is 1. The highest BCUT2D eigenvalue weighted by Crippen LogP contribution is 2.31. The van der Waals surface area contributed by atoms with E-state index in [4.69, 9.17) is 10.1 Å². The van der Waals surface area contributed by atoms with E-state index in [1.807, 2.05) is 12.1 Å². The minimum atomic E-state index is -0.436. The van der Waals surface area contributed by atoms with Crippen LogP contribution in [0.2, 0.25) is 0 Å². The molecule has 0 spiro atoms. The predicted octanol–water partition coefficient (Wildman–Crippen LogP) is 3.88. The highest BCUT2D eigenvalue weighted by Gasteiger charge is 2.35. The fourth-order valence-electron chi connectivity index (χ4n) is 2.32. The minimum Gasteiger partial charge on any atom is -0.496 e. The molecule has 24 heavy (non-hydrogen) atoms. The van der Waals surface area contributed by atoms with Crippen molar-refractivity contribution in [2.45, 2.75) is 19.8 Å². The topological polar surface area (TPSA) is 78.1 Å². The quantitative estimate of drug-likeness (QED) is 0.769. The number of amidine groups is 2. The molecule has 0 atom stereocenters. The molecule has 0 unspecified atom stereocenters. The molecule has 0 aliphatic carbocycles. The van der Waals surface area contributed by atoms with Crippen molar-refractivity contribution in [3.63, 3.8) is 0 Å². The van der Waals surface area contributed by atoms with E-state index in [1.54, 1.807) is 19.3 Å². The summed E-state index contributed by atoms with van der Waals surface area (Å²) in [4.78, 5) is 16.4. The molecular weight excluding hydrogens is 392 g/mol. The van der Waals surface area contributed by atoms with Crippen LogP contribution >= 0.6 is 27.7 Å². The minimum absolute atomic E-state index is 0.0330. The molecule has 6 nitrogen and oxygen atoms in total. The fourth-order valence-corrected chi connectivity index (χ4v) is 3.69. The van der Waals surface area contributed by atoms with Gasteiger partial charge in [0.2, 0.25) is 5.17 Å². The zero-order valence-corrected chi connectivity index (χ0v) is 15.6. The van der Waals surface area contributed by atoms with E-state index in [2.05, 4.69) is 32.9 Å². The van der Waals surface area contributed by atoms with E-state index in [0.717, 1.165) is 22.4 Å². The lowest BCUT2D eigenvalue weighted by molar-refractivity contribution is -0.114. The molecular formula is C16H15BrN4O2S. The van der Waals surface area contributed by atoms with Crippen molar-refractivity contribution in [1.29, 1.82) is 5.41 Å². The van der Waals surface area contributed by atoms with E-state index in [-0.39, 0.29) is 11.4 Å². The second kappa shape index (κ2) is 6.90. The summed E-state index contributed by atoms with van der Waals surface area (Å²) < 4.78 is 6.18. The SMILES string of the molecule is CCCC1=NN2C(=N)C(=Cc3cc(Br)ccc3OC)C(=O)N=C2S1. The number of methoxy groups -OCH3 is 1. The average Bonchev–Trinajstić information content (AvgIpc) is 2.94. The molecule has 3 rings (SSSR count). The Morgan fingerprint density at radius 3 is 2.96 bits per heavy atom. The molecule has 1 aromatic carbocycles. The van der Waals surface area contributed by atoms with Gasteiger partial charge >= 0.3 is 0 Å². The van der Waals surface area contributed by atoms with E-state index in [1.165, 1.54) is 16.8 Å². The van der Waals surface area contributed by atoms with Crippen LogP contribution in [0.4, 0.5) is 0 Å². The van der Waals surface area contributed by atoms with Gasteiger partial charge in [-0.25, -0.2) is 0 Å². The van der Waals surface area contributed by atoms with Gasteiger partial charge in [-0.1, -0.05) is 22.9 Å². The van der Waals surface area contributed by atoms with Crippen LogP contribution in [0.3, 0.4) is 0 Å². The Bertz CT molecular complexity index is 816. The molecule has 0 bridgehead atoms. The van der Waals surface area contributed by atoms with Crippen LogP contribution in [0.5, 0.6) is 5.75 Å². The van der Waals surface area contributed by atoms with E-state index in [9.17, 15) is 4.79 Å². The number of rotatable bonds is 4. The van der Waals surface area contributed by atoms with Gasteiger partial charge < -0.3 is 4.74 Å². The van der Waals surface area contributed by atoms with Crippen molar-refractivity contribution in [2.75, 3.05) is 7.11 Å². The maximum atomic E-state index is 12.4. The van der Waals surface area contributed by atoms with Crippen molar-refractivity contribution in [3.05, 3.63) is 33.8 Å². The number of benzene rings is 1. The smallest absolute Gasteiger partial charge is 0.283 e. The van der Waals surface area contributed by atoms with Crippen LogP contribution in [-0.2, 0) is 4.79 Å². The number of halogens is 1. The van der Waals surface area contributed by atoms with Crippen molar-refractivity contribution in [3.8, 4) is 5.75 Å². The lowest BCUT2D eigenvalue weighted by Crippen LogP contribution is -2.35. The normalized spacial score (nSPS) is 18.6. The third kappa shape index (κ3) is 3.16. The maximum Gasteiger partial charge on any atom is 0.283 e. The highest BCUT2D eigenvalue weighted by molar-refractivity contribution is 9.10. The molecule has 1 N–H and O–H groups in total. The Morgan fingerprint density at radius 1 is 1.46 bits per heavy atom. The van der Waals surface area contributed by atoms with Gasteiger partial charge in [0.1, 0.15) is 10.8 Å². The molecule has 0 fully saturated rings. The lowest BCUT2D eigenvalue weighted by atomic mass is 10.1. The molecule has 0 radical (unpaired) electrons. The van der Waals surface area contributed by atoms with E-state index >= 15 is 0 Å². The zero-order chi connectivity index (χ0) is 17.3. The number of hydrogen-bond acceptors (Lipinski definition) is 5. The standard InChI is InChI=1S/C16H15BrN4O2S/c1-3-4-13-20-21-14(18)11(15(22)19-16(21)24-13)8-9-7-10(17)5-6-12(9)23-2/h5-8,18H,3-4H2,1-2H3. The summed E-state index contributed by atoms with van der Waals surface area (Å²) in [5.41, 5.74) is 0.889. The second-order valence-electron chi connectivity index (χ2n) is 5.15. The van der Waals surface area contributed by atoms with Gasteiger partial charge in [-0.2, -0.15) is 15.1 Å². The first kappa shape index (κ1) is 16.9. The summed E-state index contributed by atoms with van der Waals surface area (Å²) in [5.74, 6) is 0.214. The van der Waals surface area contributed by atoms with Gasteiger partial charge in [0, 0.05) is 10.0 Å². The van der Waals surface area contributed by atoms with Gasteiger partial charge in [0.05, 0.1) is 12.7 Å². The number of thioether (sulfide) groups is 1. The maximum absolute atomic E-state index is 12.4. The van der Waals surface area contributed by atoms with Crippen LogP contribution in [0, 0.1) is 5.41 Å². The van der Waals surface area contributed by atoms with Crippen molar-refractivity contribution >= 4 is 55.7 Å². The number of nitrogens with one attached hydrogen (secondary N) is 1. The summed E-state index contributed by atoms with van der Waals surface area (Å²) in [6, 6.07) is 5.48. The molecule has 0 saturated heterocycles. The Labute approximate surface area is 152 Å². The summed E-state index contributed by atoms with van der Waals surface area (Å²) in [6.07, 6.45) is 3.37. The van der Waals surface area contributed by atoms with E-state index in [0.29, 0.717) is 16.5 Å². The number of hydrogen-bond donors (Lipinski definition) is 1. The molecule has 1 aromatic rings. The second-order valence-corrected chi connectivity index (χ2v) is 7.11. The molecule has 0 aromatic heterocycles.